The summed E-state index contributed by atoms with van der Waals surface area (Å²) in [5.74, 6) is 0. The highest BCUT2D eigenvalue weighted by Gasteiger charge is 2.14. The van der Waals surface area contributed by atoms with Gasteiger partial charge in [-0.3, -0.25) is 0 Å². The predicted octanol–water partition coefficient (Wildman–Crippen LogP) is 3.44. The Morgan fingerprint density at radius 2 is 1.83 bits per heavy atom. The van der Waals surface area contributed by atoms with E-state index >= 15 is 0 Å². The van der Waals surface area contributed by atoms with Crippen LogP contribution in [0.1, 0.15) is 40.2 Å². The number of aliphatic hydroxyl groups excluding tert-OH is 1. The molecule has 0 fully saturated rings. The Labute approximate surface area is 115 Å². The van der Waals surface area contributed by atoms with Crippen molar-refractivity contribution in [1.82, 2.24) is 5.32 Å². The molecule has 1 aromatic rings. The average molecular weight is 267 g/mol. The average Bonchev–Trinajstić information content (AvgIpc) is 2.26. The second-order valence-electron chi connectivity index (χ2n) is 5.77. The maximum Gasteiger partial charge on any atom is 0.0631 e. The Morgan fingerprint density at radius 1 is 1.22 bits per heavy atom. The van der Waals surface area contributed by atoms with Crippen molar-refractivity contribution in [3.63, 3.8) is 0 Å². The van der Waals surface area contributed by atoms with Crippen LogP contribution >= 0.6 is 11.8 Å². The van der Waals surface area contributed by atoms with Crippen molar-refractivity contribution in [2.24, 2.45) is 0 Å². The van der Waals surface area contributed by atoms with Gasteiger partial charge in [-0.15, -0.1) is 11.8 Å². The molecule has 2 atom stereocenters. The number of hydrogen-bond acceptors (Lipinski definition) is 3. The molecule has 0 aliphatic heterocycles. The van der Waals surface area contributed by atoms with E-state index in [0.29, 0.717) is 0 Å². The van der Waals surface area contributed by atoms with E-state index in [4.69, 9.17) is 0 Å². The van der Waals surface area contributed by atoms with Crippen molar-refractivity contribution >= 4 is 11.8 Å². The molecule has 0 heterocycles. The van der Waals surface area contributed by atoms with Crippen LogP contribution in [0.25, 0.3) is 0 Å². The van der Waals surface area contributed by atoms with Crippen LogP contribution in [0.4, 0.5) is 0 Å². The lowest BCUT2D eigenvalue weighted by atomic mass is 10.1. The smallest absolute Gasteiger partial charge is 0.0631 e. The first-order valence-corrected chi connectivity index (χ1v) is 7.35. The van der Waals surface area contributed by atoms with Crippen LogP contribution in [0.15, 0.2) is 29.2 Å². The summed E-state index contributed by atoms with van der Waals surface area (Å²) >= 11 is 1.74. The molecule has 2 nitrogen and oxygen atoms in total. The molecule has 2 N–H and O–H groups in total. The number of thioether (sulfide) groups is 1. The SMILES string of the molecule is CC(O)C(C)Sc1ccccc1CNC(C)(C)C. The summed E-state index contributed by atoms with van der Waals surface area (Å²) in [6.07, 6.45) is -0.293. The molecule has 0 aliphatic carbocycles. The Morgan fingerprint density at radius 3 is 2.39 bits per heavy atom. The number of hydrogen-bond donors (Lipinski definition) is 2. The van der Waals surface area contributed by atoms with Crippen LogP contribution < -0.4 is 5.32 Å². The molecular weight excluding hydrogens is 242 g/mol. The highest BCUT2D eigenvalue weighted by Crippen LogP contribution is 2.28. The highest BCUT2D eigenvalue weighted by molar-refractivity contribution is 8.00. The molecule has 0 amide bonds. The number of aliphatic hydroxyl groups is 1. The Kier molecular flexibility index (Phi) is 5.70. The van der Waals surface area contributed by atoms with E-state index in [1.165, 1.54) is 10.5 Å². The zero-order valence-electron chi connectivity index (χ0n) is 12.0. The van der Waals surface area contributed by atoms with Gasteiger partial charge < -0.3 is 10.4 Å². The monoisotopic (exact) mass is 267 g/mol. The molecule has 2 unspecified atom stereocenters. The van der Waals surface area contributed by atoms with E-state index in [1.807, 2.05) is 6.92 Å². The summed E-state index contributed by atoms with van der Waals surface area (Å²) in [4.78, 5) is 1.25. The van der Waals surface area contributed by atoms with Gasteiger partial charge in [0.25, 0.3) is 0 Å². The zero-order valence-corrected chi connectivity index (χ0v) is 12.8. The maximum atomic E-state index is 9.60. The summed E-state index contributed by atoms with van der Waals surface area (Å²) in [6.45, 7) is 11.3. The van der Waals surface area contributed by atoms with Crippen molar-refractivity contribution < 1.29 is 5.11 Å². The molecule has 0 saturated heterocycles. The van der Waals surface area contributed by atoms with E-state index in [-0.39, 0.29) is 16.9 Å². The summed E-state index contributed by atoms with van der Waals surface area (Å²) in [6, 6.07) is 8.40. The van der Waals surface area contributed by atoms with Gasteiger partial charge >= 0.3 is 0 Å². The van der Waals surface area contributed by atoms with Crippen LogP contribution in [0.5, 0.6) is 0 Å². The predicted molar refractivity (Wildman–Crippen MR) is 80.0 cm³/mol. The fraction of sp³-hybridized carbons (Fsp3) is 0.600. The molecule has 3 heteroatoms. The minimum Gasteiger partial charge on any atom is -0.392 e. The number of benzene rings is 1. The van der Waals surface area contributed by atoms with Gasteiger partial charge in [0.15, 0.2) is 0 Å². The molecule has 0 radical (unpaired) electrons. The first-order valence-electron chi connectivity index (χ1n) is 6.47. The second kappa shape index (κ2) is 6.60. The van der Waals surface area contributed by atoms with Gasteiger partial charge in [0, 0.05) is 22.2 Å². The molecule has 1 aromatic carbocycles. The Bertz CT molecular complexity index is 371. The van der Waals surface area contributed by atoms with Gasteiger partial charge in [0.1, 0.15) is 0 Å². The number of nitrogens with one attached hydrogen (secondary N) is 1. The Balaban J connectivity index is 2.73. The van der Waals surface area contributed by atoms with Crippen molar-refractivity contribution in [2.75, 3.05) is 0 Å². The molecule has 0 aliphatic rings. The third kappa shape index (κ3) is 5.42. The third-order valence-corrected chi connectivity index (χ3v) is 4.19. The van der Waals surface area contributed by atoms with Crippen LogP contribution in [0.2, 0.25) is 0 Å². The summed E-state index contributed by atoms with van der Waals surface area (Å²) in [5.41, 5.74) is 1.41. The first-order chi connectivity index (χ1) is 8.29. The maximum absolute atomic E-state index is 9.60. The van der Waals surface area contributed by atoms with Crippen LogP contribution in [0, 0.1) is 0 Å². The van der Waals surface area contributed by atoms with Crippen molar-refractivity contribution in [2.45, 2.75) is 63.0 Å². The van der Waals surface area contributed by atoms with Gasteiger partial charge in [-0.25, -0.2) is 0 Å². The van der Waals surface area contributed by atoms with Crippen molar-refractivity contribution in [3.05, 3.63) is 29.8 Å². The van der Waals surface area contributed by atoms with E-state index in [2.05, 4.69) is 57.3 Å². The first kappa shape index (κ1) is 15.5. The summed E-state index contributed by atoms with van der Waals surface area (Å²) in [5, 5.41) is 13.3. The summed E-state index contributed by atoms with van der Waals surface area (Å²) in [7, 11) is 0. The minimum atomic E-state index is -0.293. The van der Waals surface area contributed by atoms with E-state index in [9.17, 15) is 5.11 Å². The van der Waals surface area contributed by atoms with Crippen LogP contribution in [-0.2, 0) is 6.54 Å². The molecule has 102 valence electrons. The van der Waals surface area contributed by atoms with Gasteiger partial charge in [-0.1, -0.05) is 25.1 Å². The van der Waals surface area contributed by atoms with E-state index in [1.54, 1.807) is 11.8 Å². The van der Waals surface area contributed by atoms with Crippen LogP contribution in [0.3, 0.4) is 0 Å². The van der Waals surface area contributed by atoms with Gasteiger partial charge in [-0.2, -0.15) is 0 Å². The number of rotatable bonds is 5. The van der Waals surface area contributed by atoms with Crippen molar-refractivity contribution in [1.29, 1.82) is 0 Å². The quantitative estimate of drug-likeness (QED) is 0.802. The summed E-state index contributed by atoms with van der Waals surface area (Å²) < 4.78 is 0. The van der Waals surface area contributed by atoms with E-state index < -0.39 is 0 Å². The van der Waals surface area contributed by atoms with Gasteiger partial charge in [-0.05, 0) is 39.3 Å². The zero-order chi connectivity index (χ0) is 13.8. The molecule has 0 aromatic heterocycles. The molecule has 0 spiro atoms. The van der Waals surface area contributed by atoms with E-state index in [0.717, 1.165) is 6.54 Å². The fourth-order valence-corrected chi connectivity index (χ4v) is 2.47. The van der Waals surface area contributed by atoms with Crippen LogP contribution in [-0.4, -0.2) is 22.0 Å². The molecule has 0 saturated carbocycles. The fourth-order valence-electron chi connectivity index (χ4n) is 1.42. The molecule has 1 rings (SSSR count). The normalized spacial score (nSPS) is 15.4. The molecule has 18 heavy (non-hydrogen) atoms. The third-order valence-electron chi connectivity index (χ3n) is 2.77. The van der Waals surface area contributed by atoms with Gasteiger partial charge in [0.05, 0.1) is 6.10 Å². The highest BCUT2D eigenvalue weighted by atomic mass is 32.2. The second-order valence-corrected chi connectivity index (χ2v) is 7.19. The standard InChI is InChI=1S/C15H25NOS/c1-11(17)12(2)18-14-9-7-6-8-13(14)10-16-15(3,4)5/h6-9,11-12,16-17H,10H2,1-5H3. The minimum absolute atomic E-state index is 0.119. The Hall–Kier alpha value is -0.510. The largest absolute Gasteiger partial charge is 0.392 e. The lowest BCUT2D eigenvalue weighted by molar-refractivity contribution is 0.196. The lowest BCUT2D eigenvalue weighted by Gasteiger charge is -2.22. The lowest BCUT2D eigenvalue weighted by Crippen LogP contribution is -2.35. The molecular formula is C15H25NOS. The topological polar surface area (TPSA) is 32.3 Å². The van der Waals surface area contributed by atoms with Gasteiger partial charge in [0.2, 0.25) is 0 Å². The van der Waals surface area contributed by atoms with Crippen molar-refractivity contribution in [3.8, 4) is 0 Å². The molecule has 0 bridgehead atoms.